The van der Waals surface area contributed by atoms with Crippen LogP contribution in [0.1, 0.15) is 57.8 Å². The lowest BCUT2D eigenvalue weighted by Crippen LogP contribution is -2.44. The lowest BCUT2D eigenvalue weighted by Gasteiger charge is -2.40. The van der Waals surface area contributed by atoms with Gasteiger partial charge in [0.25, 0.3) is 5.91 Å². The number of carbonyl (C=O) groups excluding carboxylic acids is 1. The fourth-order valence-corrected chi connectivity index (χ4v) is 8.82. The van der Waals surface area contributed by atoms with Crippen molar-refractivity contribution < 1.29 is 39.6 Å². The molecule has 0 saturated carbocycles. The number of piperidine rings is 1. The summed E-state index contributed by atoms with van der Waals surface area (Å²) in [6.45, 7) is 1.91. The number of carbonyl (C=O) groups is 1. The third kappa shape index (κ3) is 7.18. The van der Waals surface area contributed by atoms with E-state index in [1.807, 2.05) is 12.1 Å². The molecule has 5 nitrogen and oxygen atoms in total. The fourth-order valence-electron chi connectivity index (χ4n) is 6.46. The van der Waals surface area contributed by atoms with Crippen LogP contribution in [0.25, 0.3) is 0 Å². The topological polar surface area (TPSA) is 57.7 Å². The number of nitrogens with zero attached hydrogens (tertiary/aromatic N) is 2. The number of rotatable bonds is 7. The van der Waals surface area contributed by atoms with Gasteiger partial charge in [-0.15, -0.1) is 0 Å². The minimum absolute atomic E-state index is 0.00433. The van der Waals surface area contributed by atoms with Gasteiger partial charge in [-0.25, -0.2) is 8.42 Å². The molecule has 2 aliphatic rings. The van der Waals surface area contributed by atoms with E-state index in [2.05, 4.69) is 4.90 Å². The molecule has 1 spiro atoms. The Morgan fingerprint density at radius 1 is 0.933 bits per heavy atom. The number of hydrogen-bond donors (Lipinski definition) is 0. The summed E-state index contributed by atoms with van der Waals surface area (Å²) >= 11 is 6.07. The lowest BCUT2D eigenvalue weighted by atomic mass is 9.74. The van der Waals surface area contributed by atoms with Crippen LogP contribution in [0, 0.1) is 0 Å². The first kappa shape index (κ1) is 33.3. The molecule has 0 bridgehead atoms. The van der Waals surface area contributed by atoms with E-state index in [-0.39, 0.29) is 24.3 Å². The highest BCUT2D eigenvalue weighted by Gasteiger charge is 2.48. The van der Waals surface area contributed by atoms with Gasteiger partial charge in [-0.3, -0.25) is 4.79 Å². The first-order valence-electron chi connectivity index (χ1n) is 14.3. The Bertz CT molecular complexity index is 1640. The van der Waals surface area contributed by atoms with Gasteiger partial charge in [-0.1, -0.05) is 41.9 Å². The Kier molecular flexibility index (Phi) is 9.07. The average Bonchev–Trinajstić information content (AvgIpc) is 3.20. The Morgan fingerprint density at radius 3 is 2.09 bits per heavy atom. The van der Waals surface area contributed by atoms with Crippen molar-refractivity contribution in [3.63, 3.8) is 0 Å². The molecule has 5 rings (SSSR count). The molecule has 1 saturated heterocycles. The second-order valence-corrected chi connectivity index (χ2v) is 14.3. The quantitative estimate of drug-likeness (QED) is 0.245. The molecule has 1 fully saturated rings. The zero-order valence-electron chi connectivity index (χ0n) is 24.3. The van der Waals surface area contributed by atoms with Crippen LogP contribution >= 0.6 is 11.6 Å². The van der Waals surface area contributed by atoms with Gasteiger partial charge < -0.3 is 9.80 Å². The molecule has 0 aliphatic carbocycles. The lowest BCUT2D eigenvalue weighted by molar-refractivity contribution is -0.143. The van der Waals surface area contributed by atoms with Crippen LogP contribution < -0.4 is 0 Å². The van der Waals surface area contributed by atoms with Crippen molar-refractivity contribution in [2.45, 2.75) is 47.8 Å². The molecule has 1 amide bonds. The molecule has 242 valence electrons. The highest BCUT2D eigenvalue weighted by molar-refractivity contribution is 7.91. The van der Waals surface area contributed by atoms with Gasteiger partial charge in [-0.2, -0.15) is 26.3 Å². The summed E-state index contributed by atoms with van der Waals surface area (Å²) in [7, 11) is -2.01. The van der Waals surface area contributed by atoms with Gasteiger partial charge in [-0.05, 0) is 86.4 Å². The molecular weight excluding hydrogens is 642 g/mol. The van der Waals surface area contributed by atoms with Crippen molar-refractivity contribution in [2.75, 3.05) is 39.0 Å². The summed E-state index contributed by atoms with van der Waals surface area (Å²) < 4.78 is 106. The maximum absolute atomic E-state index is 13.4. The molecular formula is C32H31ClF6N2O3S. The minimum atomic E-state index is -5.07. The van der Waals surface area contributed by atoms with Crippen LogP contribution in [0.5, 0.6) is 0 Å². The molecule has 45 heavy (non-hydrogen) atoms. The predicted molar refractivity (Wildman–Crippen MR) is 158 cm³/mol. The minimum Gasteiger partial charge on any atom is -0.341 e. The molecule has 13 heteroatoms. The third-order valence-corrected chi connectivity index (χ3v) is 11.1. The van der Waals surface area contributed by atoms with Crippen LogP contribution in [-0.2, 0) is 27.6 Å². The van der Waals surface area contributed by atoms with Crippen LogP contribution in [0.15, 0.2) is 71.6 Å². The number of likely N-dealkylation sites (N-methyl/N-ethyl adjacent to an activating group) is 1. The number of amides is 1. The van der Waals surface area contributed by atoms with E-state index in [9.17, 15) is 39.6 Å². The van der Waals surface area contributed by atoms with E-state index < -0.39 is 50.2 Å². The highest BCUT2D eigenvalue weighted by atomic mass is 35.5. The van der Waals surface area contributed by atoms with Crippen LogP contribution in [0.3, 0.4) is 0 Å². The van der Waals surface area contributed by atoms with Crippen molar-refractivity contribution in [3.05, 3.63) is 99.6 Å². The number of halogens is 7. The average molecular weight is 673 g/mol. The van der Waals surface area contributed by atoms with Crippen molar-refractivity contribution >= 4 is 27.3 Å². The summed E-state index contributed by atoms with van der Waals surface area (Å²) in [4.78, 5) is 17.0. The number of fused-ring (bicyclic) bond motifs is 2. The first-order valence-corrected chi connectivity index (χ1v) is 16.4. The van der Waals surface area contributed by atoms with Crippen molar-refractivity contribution in [1.29, 1.82) is 0 Å². The zero-order chi connectivity index (χ0) is 32.8. The van der Waals surface area contributed by atoms with Gasteiger partial charge in [0.15, 0.2) is 9.84 Å². The normalized spacial score (nSPS) is 18.5. The second-order valence-electron chi connectivity index (χ2n) is 11.9. The monoisotopic (exact) mass is 672 g/mol. The van der Waals surface area contributed by atoms with Gasteiger partial charge in [0.2, 0.25) is 0 Å². The summed E-state index contributed by atoms with van der Waals surface area (Å²) in [6.07, 6.45) is -8.30. The maximum atomic E-state index is 13.4. The van der Waals surface area contributed by atoms with E-state index >= 15 is 0 Å². The van der Waals surface area contributed by atoms with Crippen LogP contribution in [0.2, 0.25) is 5.02 Å². The Labute approximate surface area is 262 Å². The van der Waals surface area contributed by atoms with Crippen molar-refractivity contribution in [2.24, 2.45) is 0 Å². The molecule has 0 unspecified atom stereocenters. The molecule has 1 atom stereocenters. The Morgan fingerprint density at radius 2 is 1.51 bits per heavy atom. The SMILES string of the molecule is CN(C[C@@H](CCN1CCC2(CC1)CS(=O)(=O)c1ccccc12)c1ccc(Cl)cc1)C(=O)c1cc(C(F)(F)F)cc(C(F)(F)F)c1. The van der Waals surface area contributed by atoms with Gasteiger partial charge >= 0.3 is 12.4 Å². The molecule has 3 aromatic carbocycles. The van der Waals surface area contributed by atoms with Crippen molar-refractivity contribution in [3.8, 4) is 0 Å². The van der Waals surface area contributed by atoms with Crippen molar-refractivity contribution in [1.82, 2.24) is 9.80 Å². The zero-order valence-corrected chi connectivity index (χ0v) is 25.8. The smallest absolute Gasteiger partial charge is 0.341 e. The van der Waals surface area contributed by atoms with Gasteiger partial charge in [0, 0.05) is 35.5 Å². The molecule has 0 radical (unpaired) electrons. The van der Waals surface area contributed by atoms with Gasteiger partial charge in [0.05, 0.1) is 21.8 Å². The predicted octanol–water partition coefficient (Wildman–Crippen LogP) is 7.44. The molecule has 3 aromatic rings. The largest absolute Gasteiger partial charge is 0.416 e. The number of alkyl halides is 6. The number of hydrogen-bond acceptors (Lipinski definition) is 4. The fraction of sp³-hybridized carbons (Fsp3) is 0.406. The number of sulfone groups is 1. The van der Waals surface area contributed by atoms with E-state index in [0.717, 1.165) is 16.0 Å². The summed E-state index contributed by atoms with van der Waals surface area (Å²) in [6, 6.07) is 14.9. The van der Waals surface area contributed by atoms with E-state index in [0.29, 0.717) is 60.9 Å². The first-order chi connectivity index (χ1) is 21.0. The summed E-state index contributed by atoms with van der Waals surface area (Å²) in [5.74, 6) is -1.20. The van der Waals surface area contributed by atoms with E-state index in [1.54, 1.807) is 36.4 Å². The molecule has 2 heterocycles. The standard InChI is InChI=1S/C32H31ClF6N2O3S/c1-40(29(42)23-16-24(31(34,35)36)18-25(17-23)32(37,38)39)19-22(21-6-8-26(33)9-7-21)10-13-41-14-11-30(12-15-41)20-45(43,44)28-5-3-2-4-27(28)30/h2-9,16-18,22H,10-15,19-20H2,1H3/t22-/m1/s1. The summed E-state index contributed by atoms with van der Waals surface area (Å²) in [5.41, 5.74) is -2.57. The molecule has 0 aromatic heterocycles. The van der Waals surface area contributed by atoms with Crippen LogP contribution in [0.4, 0.5) is 26.3 Å². The molecule has 2 aliphatic heterocycles. The third-order valence-electron chi connectivity index (χ3n) is 8.88. The Hall–Kier alpha value is -3.09. The van der Waals surface area contributed by atoms with E-state index in [4.69, 9.17) is 11.6 Å². The highest BCUT2D eigenvalue weighted by Crippen LogP contribution is 2.46. The number of likely N-dealkylation sites (tertiary alicyclic amines) is 1. The van der Waals surface area contributed by atoms with E-state index in [1.165, 1.54) is 7.05 Å². The maximum Gasteiger partial charge on any atom is 0.416 e. The Balaban J connectivity index is 1.31. The molecule has 0 N–H and O–H groups in total. The van der Waals surface area contributed by atoms with Gasteiger partial charge in [0.1, 0.15) is 0 Å². The number of benzene rings is 3. The summed E-state index contributed by atoms with van der Waals surface area (Å²) in [5, 5.41) is 0.485. The second kappa shape index (κ2) is 12.3. The van der Waals surface area contributed by atoms with Crippen LogP contribution in [-0.4, -0.2) is 63.1 Å².